The summed E-state index contributed by atoms with van der Waals surface area (Å²) in [7, 11) is 1.74. The van der Waals surface area contributed by atoms with Gasteiger partial charge in [0.05, 0.1) is 13.1 Å². The molecule has 0 aliphatic carbocycles. The third-order valence-electron chi connectivity index (χ3n) is 3.90. The highest BCUT2D eigenvalue weighted by molar-refractivity contribution is 5.79. The SMILES string of the molecule is CN1C[C@]2(CCN(C(=O)CCCC(=O)O)C2)OCC1=O. The van der Waals surface area contributed by atoms with Crippen molar-refractivity contribution < 1.29 is 24.2 Å². The number of likely N-dealkylation sites (N-methyl/N-ethyl adjacent to an activating group) is 1. The van der Waals surface area contributed by atoms with Crippen molar-refractivity contribution in [3.05, 3.63) is 0 Å². The number of carboxylic acids is 1. The highest BCUT2D eigenvalue weighted by Gasteiger charge is 2.45. The van der Waals surface area contributed by atoms with E-state index in [0.717, 1.165) is 6.42 Å². The Hall–Kier alpha value is -1.63. The average molecular weight is 284 g/mol. The van der Waals surface area contributed by atoms with Crippen molar-refractivity contribution in [2.75, 3.05) is 33.3 Å². The Morgan fingerprint density at radius 2 is 2.10 bits per heavy atom. The zero-order chi connectivity index (χ0) is 14.8. The summed E-state index contributed by atoms with van der Waals surface area (Å²) in [6.45, 7) is 1.66. The molecule has 2 amide bonds. The Bertz CT molecular complexity index is 425. The van der Waals surface area contributed by atoms with Crippen LogP contribution in [0.15, 0.2) is 0 Å². The Morgan fingerprint density at radius 3 is 2.75 bits per heavy atom. The number of nitrogens with zero attached hydrogens (tertiary/aromatic N) is 2. The number of carbonyl (C=O) groups excluding carboxylic acids is 2. The number of carboxylic acid groups (broad SMARTS) is 1. The van der Waals surface area contributed by atoms with Crippen LogP contribution in [0.1, 0.15) is 25.7 Å². The lowest BCUT2D eigenvalue weighted by Gasteiger charge is -2.38. The van der Waals surface area contributed by atoms with E-state index in [9.17, 15) is 14.4 Å². The molecule has 0 radical (unpaired) electrons. The lowest BCUT2D eigenvalue weighted by Crippen LogP contribution is -2.54. The molecule has 2 heterocycles. The van der Waals surface area contributed by atoms with E-state index < -0.39 is 11.6 Å². The van der Waals surface area contributed by atoms with Crippen LogP contribution < -0.4 is 0 Å². The molecule has 2 saturated heterocycles. The maximum atomic E-state index is 12.0. The minimum Gasteiger partial charge on any atom is -0.481 e. The van der Waals surface area contributed by atoms with Crippen LogP contribution in [0.3, 0.4) is 0 Å². The molecular formula is C13H20N2O5. The fraction of sp³-hybridized carbons (Fsp3) is 0.769. The summed E-state index contributed by atoms with van der Waals surface area (Å²) in [5.41, 5.74) is -0.439. The molecule has 7 nitrogen and oxygen atoms in total. The minimum atomic E-state index is -0.883. The van der Waals surface area contributed by atoms with Gasteiger partial charge in [0, 0.05) is 26.4 Å². The first-order chi connectivity index (χ1) is 9.42. The van der Waals surface area contributed by atoms with Gasteiger partial charge in [0.2, 0.25) is 11.8 Å². The molecule has 1 spiro atoms. The maximum Gasteiger partial charge on any atom is 0.303 e. The predicted octanol–water partition coefficient (Wildman–Crippen LogP) is -0.299. The Morgan fingerprint density at radius 1 is 1.35 bits per heavy atom. The normalized spacial score (nSPS) is 26.4. The van der Waals surface area contributed by atoms with Gasteiger partial charge in [-0.2, -0.15) is 0 Å². The van der Waals surface area contributed by atoms with Gasteiger partial charge in [-0.3, -0.25) is 14.4 Å². The molecule has 2 rings (SSSR count). The number of morpholine rings is 1. The van der Waals surface area contributed by atoms with E-state index in [1.807, 2.05) is 0 Å². The fourth-order valence-electron chi connectivity index (χ4n) is 2.74. The van der Waals surface area contributed by atoms with Crippen molar-refractivity contribution in [1.82, 2.24) is 9.80 Å². The van der Waals surface area contributed by atoms with E-state index in [1.165, 1.54) is 0 Å². The molecule has 0 unspecified atom stereocenters. The van der Waals surface area contributed by atoms with Gasteiger partial charge in [0.1, 0.15) is 12.2 Å². The summed E-state index contributed by atoms with van der Waals surface area (Å²) in [6, 6.07) is 0. The average Bonchev–Trinajstić information content (AvgIpc) is 2.78. The molecule has 0 aromatic heterocycles. The molecule has 0 saturated carbocycles. The van der Waals surface area contributed by atoms with E-state index in [0.29, 0.717) is 26.1 Å². The third-order valence-corrected chi connectivity index (χ3v) is 3.90. The Labute approximate surface area is 117 Å². The van der Waals surface area contributed by atoms with Crippen molar-refractivity contribution in [3.63, 3.8) is 0 Å². The highest BCUT2D eigenvalue weighted by atomic mass is 16.5. The molecule has 0 bridgehead atoms. The molecule has 1 N–H and O–H groups in total. The summed E-state index contributed by atoms with van der Waals surface area (Å²) in [5, 5.41) is 8.56. The largest absolute Gasteiger partial charge is 0.481 e. The lowest BCUT2D eigenvalue weighted by atomic mass is 10.0. The van der Waals surface area contributed by atoms with Crippen LogP contribution in [0.4, 0.5) is 0 Å². The van der Waals surface area contributed by atoms with Crippen LogP contribution in [0, 0.1) is 0 Å². The number of rotatable bonds is 4. The summed E-state index contributed by atoms with van der Waals surface area (Å²) in [5.74, 6) is -0.959. The summed E-state index contributed by atoms with van der Waals surface area (Å²) in [6.07, 6.45) is 1.34. The number of carbonyl (C=O) groups is 3. The van der Waals surface area contributed by atoms with Crippen molar-refractivity contribution in [2.24, 2.45) is 0 Å². The minimum absolute atomic E-state index is 0.0124. The molecule has 112 valence electrons. The highest BCUT2D eigenvalue weighted by Crippen LogP contribution is 2.29. The molecular weight excluding hydrogens is 264 g/mol. The standard InChI is InChI=1S/C13H20N2O5/c1-14-8-13(20-7-11(14)17)5-6-15(9-13)10(16)3-2-4-12(18)19/h2-9H2,1H3,(H,18,19)/t13-/m0/s1. The fourth-order valence-corrected chi connectivity index (χ4v) is 2.74. The first kappa shape index (κ1) is 14.8. The van der Waals surface area contributed by atoms with Crippen LogP contribution in [0.5, 0.6) is 0 Å². The molecule has 0 aromatic carbocycles. The second-order valence-corrected chi connectivity index (χ2v) is 5.53. The second-order valence-electron chi connectivity index (χ2n) is 5.53. The zero-order valence-electron chi connectivity index (χ0n) is 11.6. The molecule has 2 aliphatic rings. The van der Waals surface area contributed by atoms with Crippen molar-refractivity contribution in [2.45, 2.75) is 31.3 Å². The topological polar surface area (TPSA) is 87.2 Å². The van der Waals surface area contributed by atoms with E-state index in [2.05, 4.69) is 0 Å². The quantitative estimate of drug-likeness (QED) is 0.766. The van der Waals surface area contributed by atoms with Gasteiger partial charge in [-0.15, -0.1) is 0 Å². The van der Waals surface area contributed by atoms with E-state index in [4.69, 9.17) is 9.84 Å². The number of amides is 2. The van der Waals surface area contributed by atoms with Gasteiger partial charge in [-0.1, -0.05) is 0 Å². The third kappa shape index (κ3) is 3.27. The molecule has 2 aliphatic heterocycles. The van der Waals surface area contributed by atoms with Crippen LogP contribution >= 0.6 is 0 Å². The lowest BCUT2D eigenvalue weighted by molar-refractivity contribution is -0.159. The van der Waals surface area contributed by atoms with Gasteiger partial charge in [0.25, 0.3) is 0 Å². The number of aliphatic carboxylic acids is 1. The molecule has 2 fully saturated rings. The first-order valence-corrected chi connectivity index (χ1v) is 6.79. The second kappa shape index (κ2) is 5.78. The zero-order valence-corrected chi connectivity index (χ0v) is 11.6. The number of hydrogen-bond acceptors (Lipinski definition) is 4. The number of likely N-dealkylation sites (tertiary alicyclic amines) is 1. The van der Waals surface area contributed by atoms with Crippen molar-refractivity contribution in [3.8, 4) is 0 Å². The van der Waals surface area contributed by atoms with Gasteiger partial charge in [-0.25, -0.2) is 0 Å². The maximum absolute atomic E-state index is 12.0. The molecule has 0 aromatic rings. The van der Waals surface area contributed by atoms with Crippen LogP contribution in [-0.2, 0) is 19.1 Å². The van der Waals surface area contributed by atoms with Crippen molar-refractivity contribution >= 4 is 17.8 Å². The number of hydrogen-bond donors (Lipinski definition) is 1. The summed E-state index contributed by atoms with van der Waals surface area (Å²) >= 11 is 0. The van der Waals surface area contributed by atoms with E-state index in [1.54, 1.807) is 16.8 Å². The van der Waals surface area contributed by atoms with Crippen molar-refractivity contribution in [1.29, 1.82) is 0 Å². The first-order valence-electron chi connectivity index (χ1n) is 6.79. The number of ether oxygens (including phenoxy) is 1. The molecule has 20 heavy (non-hydrogen) atoms. The van der Waals surface area contributed by atoms with Crippen LogP contribution in [0.25, 0.3) is 0 Å². The van der Waals surface area contributed by atoms with Gasteiger partial charge in [-0.05, 0) is 12.8 Å². The van der Waals surface area contributed by atoms with Crippen LogP contribution in [0.2, 0.25) is 0 Å². The van der Waals surface area contributed by atoms with Gasteiger partial charge in [0.15, 0.2) is 0 Å². The monoisotopic (exact) mass is 284 g/mol. The Kier molecular flexibility index (Phi) is 4.27. The van der Waals surface area contributed by atoms with Gasteiger partial charge >= 0.3 is 5.97 Å². The smallest absolute Gasteiger partial charge is 0.303 e. The van der Waals surface area contributed by atoms with Gasteiger partial charge < -0.3 is 19.6 Å². The van der Waals surface area contributed by atoms with Crippen LogP contribution in [-0.4, -0.2) is 71.6 Å². The Balaban J connectivity index is 1.84. The summed E-state index contributed by atoms with van der Waals surface area (Å²) in [4.78, 5) is 37.2. The van der Waals surface area contributed by atoms with E-state index >= 15 is 0 Å². The predicted molar refractivity (Wildman–Crippen MR) is 69.0 cm³/mol. The molecule has 1 atom stereocenters. The summed E-state index contributed by atoms with van der Waals surface area (Å²) < 4.78 is 5.65. The van der Waals surface area contributed by atoms with E-state index in [-0.39, 0.29) is 31.3 Å². The molecule has 7 heteroatoms.